The second-order valence-corrected chi connectivity index (χ2v) is 7.65. The molecule has 0 aliphatic carbocycles. The van der Waals surface area contributed by atoms with Crippen LogP contribution in [0.3, 0.4) is 0 Å². The molecule has 0 amide bonds. The third-order valence-corrected chi connectivity index (χ3v) is 4.50. The van der Waals surface area contributed by atoms with Crippen molar-refractivity contribution in [3.05, 3.63) is 78.2 Å². The fraction of sp³-hybridized carbons (Fsp3) is 0.208. The zero-order valence-electron chi connectivity index (χ0n) is 18.5. The molecule has 2 aromatic carbocycles. The number of nitrogens with one attached hydrogen (secondary N) is 1. The molecule has 0 saturated heterocycles. The maximum atomic E-state index is 13.3. The van der Waals surface area contributed by atoms with Gasteiger partial charge < -0.3 is 10.4 Å². The fourth-order valence-corrected chi connectivity index (χ4v) is 3.05. The Balaban J connectivity index is 0.000000795. The number of nitrogens with zero attached hydrogens (tertiary/aromatic N) is 3. The van der Waals surface area contributed by atoms with Crippen molar-refractivity contribution in [2.45, 2.75) is 32.3 Å². The van der Waals surface area contributed by atoms with Gasteiger partial charge in [-0.15, -0.1) is 0 Å². The molecule has 0 spiro atoms. The highest BCUT2D eigenvalue weighted by molar-refractivity contribution is 5.93. The number of aliphatic hydroxyl groups is 1. The number of aromatic nitrogens is 3. The summed E-state index contributed by atoms with van der Waals surface area (Å²) in [7, 11) is 0. The Kier molecular flexibility index (Phi) is 7.59. The van der Waals surface area contributed by atoms with Crippen molar-refractivity contribution in [3.8, 4) is 11.3 Å². The molecule has 5 nitrogen and oxygen atoms in total. The van der Waals surface area contributed by atoms with Gasteiger partial charge in [0.25, 0.3) is 0 Å². The lowest BCUT2D eigenvalue weighted by Crippen LogP contribution is -2.08. The first-order valence-electron chi connectivity index (χ1n) is 10.3. The van der Waals surface area contributed by atoms with E-state index in [2.05, 4.69) is 20.3 Å². The molecule has 2 N–H and O–H groups in total. The summed E-state index contributed by atoms with van der Waals surface area (Å²) in [5.74, 6) is 0.299. The maximum Gasteiger partial charge on any atom is 0.418 e. The van der Waals surface area contributed by atoms with E-state index in [4.69, 9.17) is 5.11 Å². The molecular weight excluding hydrogens is 474 g/mol. The lowest BCUT2D eigenvalue weighted by atomic mass is 10.0. The Hall–Kier alpha value is -3.73. The van der Waals surface area contributed by atoms with Crippen LogP contribution in [-0.4, -0.2) is 26.2 Å². The van der Waals surface area contributed by atoms with E-state index in [9.17, 15) is 26.3 Å². The molecule has 0 aliphatic rings. The molecule has 0 saturated carbocycles. The van der Waals surface area contributed by atoms with Crippen molar-refractivity contribution in [2.24, 2.45) is 0 Å². The lowest BCUT2D eigenvalue weighted by molar-refractivity contribution is -0.138. The van der Waals surface area contributed by atoms with Crippen molar-refractivity contribution in [1.82, 2.24) is 15.0 Å². The quantitative estimate of drug-likeness (QED) is 0.305. The van der Waals surface area contributed by atoms with E-state index in [0.29, 0.717) is 22.4 Å². The molecule has 35 heavy (non-hydrogen) atoms. The van der Waals surface area contributed by atoms with Gasteiger partial charge in [-0.3, -0.25) is 4.98 Å². The standard InChI is InChI=1S/C21H12F6N4.C3H8O/c22-20(23,24)13-4-6-14(7-5-13)31-19-15-8-3-12(10-17(15)29-11-30-19)18-16(21(25,26)27)2-1-9-28-18;1-3(2)4/h1-11H,(H,29,30,31);3-4H,1-2H3. The van der Waals surface area contributed by atoms with Crippen LogP contribution in [0.4, 0.5) is 37.8 Å². The first kappa shape index (κ1) is 25.9. The molecule has 4 aromatic rings. The molecule has 4 rings (SSSR count). The SMILES string of the molecule is CC(C)O.FC(F)(F)c1ccc(Nc2ncnc3cc(-c4ncccc4C(F)(F)F)ccc23)cc1. The van der Waals surface area contributed by atoms with E-state index in [1.165, 1.54) is 48.9 Å². The first-order chi connectivity index (χ1) is 16.4. The van der Waals surface area contributed by atoms with E-state index >= 15 is 0 Å². The van der Waals surface area contributed by atoms with E-state index in [1.807, 2.05) is 0 Å². The molecule has 184 valence electrons. The van der Waals surface area contributed by atoms with Crippen molar-refractivity contribution in [2.75, 3.05) is 5.32 Å². The number of pyridine rings is 1. The first-order valence-corrected chi connectivity index (χ1v) is 10.3. The van der Waals surface area contributed by atoms with Crippen LogP contribution in [0, 0.1) is 0 Å². The topological polar surface area (TPSA) is 70.9 Å². The molecule has 0 radical (unpaired) electrons. The highest BCUT2D eigenvalue weighted by atomic mass is 19.4. The van der Waals surface area contributed by atoms with Gasteiger partial charge in [-0.05, 0) is 62.4 Å². The minimum absolute atomic E-state index is 0.167. The third kappa shape index (κ3) is 6.66. The molecular formula is C24H20F6N4O. The minimum Gasteiger partial charge on any atom is -0.394 e. The number of aliphatic hydroxyl groups excluding tert-OH is 1. The van der Waals surface area contributed by atoms with Crippen LogP contribution >= 0.6 is 0 Å². The minimum atomic E-state index is -4.57. The Morgan fingerprint density at radius 1 is 0.829 bits per heavy atom. The van der Waals surface area contributed by atoms with Crippen molar-refractivity contribution in [1.29, 1.82) is 0 Å². The van der Waals surface area contributed by atoms with Gasteiger partial charge in [0.05, 0.1) is 22.3 Å². The van der Waals surface area contributed by atoms with Crippen LogP contribution in [0.5, 0.6) is 0 Å². The van der Waals surface area contributed by atoms with Gasteiger partial charge in [-0.1, -0.05) is 6.07 Å². The average molecular weight is 494 g/mol. The van der Waals surface area contributed by atoms with Crippen LogP contribution < -0.4 is 5.32 Å². The smallest absolute Gasteiger partial charge is 0.394 e. The number of anilines is 2. The van der Waals surface area contributed by atoms with Crippen molar-refractivity contribution >= 4 is 22.4 Å². The number of rotatable bonds is 3. The summed E-state index contributed by atoms with van der Waals surface area (Å²) < 4.78 is 78.1. The Morgan fingerprint density at radius 2 is 1.49 bits per heavy atom. The zero-order chi connectivity index (χ0) is 25.8. The number of alkyl halides is 6. The summed E-state index contributed by atoms with van der Waals surface area (Å²) in [6.45, 7) is 3.44. The molecule has 2 aromatic heterocycles. The number of hydrogen-bond acceptors (Lipinski definition) is 5. The van der Waals surface area contributed by atoms with Gasteiger partial charge >= 0.3 is 12.4 Å². The zero-order valence-corrected chi connectivity index (χ0v) is 18.5. The van der Waals surface area contributed by atoms with Crippen LogP contribution in [-0.2, 0) is 12.4 Å². The molecule has 11 heteroatoms. The molecule has 0 unspecified atom stereocenters. The Morgan fingerprint density at radius 3 is 2.09 bits per heavy atom. The van der Waals surface area contributed by atoms with E-state index in [-0.39, 0.29) is 17.4 Å². The van der Waals surface area contributed by atoms with Gasteiger partial charge in [0, 0.05) is 28.9 Å². The summed E-state index contributed by atoms with van der Waals surface area (Å²) in [5, 5.41) is 11.4. The van der Waals surface area contributed by atoms with E-state index < -0.39 is 23.5 Å². The molecule has 2 heterocycles. The fourth-order valence-electron chi connectivity index (χ4n) is 3.05. The lowest BCUT2D eigenvalue weighted by Gasteiger charge is -2.13. The Labute approximate surface area is 196 Å². The highest BCUT2D eigenvalue weighted by Crippen LogP contribution is 2.37. The van der Waals surface area contributed by atoms with Crippen LogP contribution in [0.1, 0.15) is 25.0 Å². The predicted octanol–water partition coefficient (Wildman–Crippen LogP) is 6.86. The summed E-state index contributed by atoms with van der Waals surface area (Å²) in [6, 6.07) is 11.0. The predicted molar refractivity (Wildman–Crippen MR) is 120 cm³/mol. The van der Waals surface area contributed by atoms with Crippen LogP contribution in [0.15, 0.2) is 67.1 Å². The molecule has 0 fully saturated rings. The van der Waals surface area contributed by atoms with Gasteiger partial charge in [0.1, 0.15) is 12.1 Å². The monoisotopic (exact) mass is 494 g/mol. The van der Waals surface area contributed by atoms with Crippen molar-refractivity contribution < 1.29 is 31.4 Å². The van der Waals surface area contributed by atoms with Crippen LogP contribution in [0.2, 0.25) is 0 Å². The summed E-state index contributed by atoms with van der Waals surface area (Å²) >= 11 is 0. The Bertz CT molecular complexity index is 1290. The highest BCUT2D eigenvalue weighted by Gasteiger charge is 2.34. The molecule has 0 bridgehead atoms. The average Bonchev–Trinajstić information content (AvgIpc) is 2.78. The van der Waals surface area contributed by atoms with Gasteiger partial charge in [-0.25, -0.2) is 9.97 Å². The largest absolute Gasteiger partial charge is 0.418 e. The summed E-state index contributed by atoms with van der Waals surface area (Å²) in [6.07, 6.45) is -6.70. The summed E-state index contributed by atoms with van der Waals surface area (Å²) in [4.78, 5) is 12.1. The third-order valence-electron chi connectivity index (χ3n) is 4.50. The second-order valence-electron chi connectivity index (χ2n) is 7.65. The van der Waals surface area contributed by atoms with Crippen LogP contribution in [0.25, 0.3) is 22.2 Å². The number of benzene rings is 2. The van der Waals surface area contributed by atoms with E-state index in [0.717, 1.165) is 18.2 Å². The normalized spacial score (nSPS) is 11.8. The maximum absolute atomic E-state index is 13.3. The number of halogens is 6. The molecule has 0 aliphatic heterocycles. The van der Waals surface area contributed by atoms with Gasteiger partial charge in [-0.2, -0.15) is 26.3 Å². The number of hydrogen-bond donors (Lipinski definition) is 2. The second kappa shape index (κ2) is 10.3. The molecule has 0 atom stereocenters. The number of fused-ring (bicyclic) bond motifs is 1. The van der Waals surface area contributed by atoms with Gasteiger partial charge in [0.2, 0.25) is 0 Å². The van der Waals surface area contributed by atoms with Crippen molar-refractivity contribution in [3.63, 3.8) is 0 Å². The summed E-state index contributed by atoms with van der Waals surface area (Å²) in [5.41, 5.74) is -0.952. The van der Waals surface area contributed by atoms with E-state index in [1.54, 1.807) is 13.8 Å². The van der Waals surface area contributed by atoms with Gasteiger partial charge in [0.15, 0.2) is 0 Å².